The van der Waals surface area contributed by atoms with Gasteiger partial charge in [-0.15, -0.1) is 0 Å². The van der Waals surface area contributed by atoms with E-state index in [2.05, 4.69) is 35.5 Å². The Labute approximate surface area is 111 Å². The van der Waals surface area contributed by atoms with Crippen molar-refractivity contribution in [2.45, 2.75) is 52.4 Å². The van der Waals surface area contributed by atoms with E-state index in [4.69, 9.17) is 0 Å². The van der Waals surface area contributed by atoms with Crippen LogP contribution >= 0.6 is 0 Å². The summed E-state index contributed by atoms with van der Waals surface area (Å²) in [5.41, 5.74) is 1.13. The van der Waals surface area contributed by atoms with E-state index in [0.29, 0.717) is 0 Å². The van der Waals surface area contributed by atoms with Crippen LogP contribution < -0.4 is 10.6 Å². The number of rotatable bonds is 10. The smallest absolute Gasteiger partial charge is 0.149 e. The minimum atomic E-state index is 0.991. The Kier molecular flexibility index (Phi) is 8.02. The number of hydrogen-bond acceptors (Lipinski definition) is 3. The normalized spacial score (nSPS) is 10.3. The molecule has 18 heavy (non-hydrogen) atoms. The zero-order chi connectivity index (χ0) is 13.1. The Morgan fingerprint density at radius 1 is 0.944 bits per heavy atom. The maximum Gasteiger partial charge on any atom is 0.149 e. The Morgan fingerprint density at radius 2 is 1.61 bits per heavy atom. The van der Waals surface area contributed by atoms with Gasteiger partial charge in [-0.2, -0.15) is 0 Å². The van der Waals surface area contributed by atoms with Gasteiger partial charge in [-0.1, -0.05) is 39.5 Å². The van der Waals surface area contributed by atoms with Crippen molar-refractivity contribution in [3.05, 3.63) is 18.3 Å². The van der Waals surface area contributed by atoms with E-state index in [1.54, 1.807) is 0 Å². The lowest BCUT2D eigenvalue weighted by Crippen LogP contribution is -2.08. The first-order chi connectivity index (χ1) is 8.88. The lowest BCUT2D eigenvalue weighted by molar-refractivity contribution is 0.739. The largest absolute Gasteiger partial charge is 0.382 e. The quantitative estimate of drug-likeness (QED) is 0.607. The van der Waals surface area contributed by atoms with Crippen LogP contribution in [-0.4, -0.2) is 18.1 Å². The summed E-state index contributed by atoms with van der Waals surface area (Å²) in [6, 6.07) is 4.08. The number of nitrogens with one attached hydrogen (secondary N) is 2. The highest BCUT2D eigenvalue weighted by molar-refractivity contribution is 5.63. The van der Waals surface area contributed by atoms with Crippen molar-refractivity contribution in [1.82, 2.24) is 4.98 Å². The lowest BCUT2D eigenvalue weighted by atomic mass is 10.2. The Bertz CT molecular complexity index is 281. The molecule has 0 aromatic carbocycles. The molecule has 0 unspecified atom stereocenters. The second-order valence-electron chi connectivity index (χ2n) is 4.67. The predicted molar refractivity (Wildman–Crippen MR) is 80.3 cm³/mol. The van der Waals surface area contributed by atoms with E-state index in [0.717, 1.165) is 24.6 Å². The van der Waals surface area contributed by atoms with Crippen LogP contribution in [0.4, 0.5) is 11.5 Å². The van der Waals surface area contributed by atoms with Crippen molar-refractivity contribution in [2.75, 3.05) is 23.7 Å². The first kappa shape index (κ1) is 14.8. The van der Waals surface area contributed by atoms with E-state index in [-0.39, 0.29) is 0 Å². The van der Waals surface area contributed by atoms with Crippen molar-refractivity contribution >= 4 is 11.5 Å². The first-order valence-corrected chi connectivity index (χ1v) is 7.31. The third-order valence-electron chi connectivity index (χ3n) is 2.98. The van der Waals surface area contributed by atoms with Crippen LogP contribution in [0.1, 0.15) is 52.4 Å². The lowest BCUT2D eigenvalue weighted by Gasteiger charge is -2.12. The zero-order valence-corrected chi connectivity index (χ0v) is 11.8. The molecule has 0 radical (unpaired) electrons. The highest BCUT2D eigenvalue weighted by atomic mass is 15.0. The molecular weight excluding hydrogens is 222 g/mol. The van der Waals surface area contributed by atoms with Crippen LogP contribution in [0.25, 0.3) is 0 Å². The van der Waals surface area contributed by atoms with Gasteiger partial charge in [-0.25, -0.2) is 4.98 Å². The monoisotopic (exact) mass is 249 g/mol. The number of aromatic nitrogens is 1. The predicted octanol–water partition coefficient (Wildman–Crippen LogP) is 4.29. The number of nitrogens with zero attached hydrogens (tertiary/aromatic N) is 1. The first-order valence-electron chi connectivity index (χ1n) is 7.31. The number of unbranched alkanes of at least 4 members (excludes halogenated alkanes) is 4. The van der Waals surface area contributed by atoms with Gasteiger partial charge in [-0.3, -0.25) is 0 Å². The summed E-state index contributed by atoms with van der Waals surface area (Å²) >= 11 is 0. The molecule has 0 fully saturated rings. The average Bonchev–Trinajstić information content (AvgIpc) is 2.41. The molecule has 0 bridgehead atoms. The van der Waals surface area contributed by atoms with E-state index >= 15 is 0 Å². The molecule has 102 valence electrons. The third-order valence-corrected chi connectivity index (χ3v) is 2.98. The van der Waals surface area contributed by atoms with Crippen LogP contribution in [0, 0.1) is 0 Å². The van der Waals surface area contributed by atoms with Crippen molar-refractivity contribution in [3.63, 3.8) is 0 Å². The molecule has 1 rings (SSSR count). The van der Waals surface area contributed by atoms with Crippen molar-refractivity contribution in [1.29, 1.82) is 0 Å². The van der Waals surface area contributed by atoms with Gasteiger partial charge < -0.3 is 10.6 Å². The molecule has 0 aliphatic carbocycles. The number of anilines is 2. The molecular formula is C15H27N3. The molecule has 1 heterocycles. The molecule has 0 saturated carbocycles. The second kappa shape index (κ2) is 9.75. The zero-order valence-electron chi connectivity index (χ0n) is 11.8. The van der Waals surface area contributed by atoms with Gasteiger partial charge in [0.15, 0.2) is 0 Å². The second-order valence-corrected chi connectivity index (χ2v) is 4.67. The molecule has 0 spiro atoms. The Hall–Kier alpha value is -1.25. The van der Waals surface area contributed by atoms with Gasteiger partial charge >= 0.3 is 0 Å². The molecule has 1 aromatic rings. The fourth-order valence-electron chi connectivity index (χ4n) is 1.87. The van der Waals surface area contributed by atoms with E-state index in [1.807, 2.05) is 12.3 Å². The van der Waals surface area contributed by atoms with Gasteiger partial charge in [0, 0.05) is 19.3 Å². The molecule has 3 heteroatoms. The van der Waals surface area contributed by atoms with Gasteiger partial charge in [-0.05, 0) is 25.0 Å². The molecule has 0 saturated heterocycles. The van der Waals surface area contributed by atoms with Gasteiger partial charge in [0.1, 0.15) is 5.82 Å². The summed E-state index contributed by atoms with van der Waals surface area (Å²) in [5.74, 6) is 0.991. The average molecular weight is 249 g/mol. The molecule has 0 aliphatic rings. The van der Waals surface area contributed by atoms with Gasteiger partial charge in [0.05, 0.1) is 5.69 Å². The van der Waals surface area contributed by atoms with Gasteiger partial charge in [0.2, 0.25) is 0 Å². The number of hydrogen-bond donors (Lipinski definition) is 2. The molecule has 0 amide bonds. The van der Waals surface area contributed by atoms with E-state index in [1.165, 1.54) is 38.5 Å². The van der Waals surface area contributed by atoms with Crippen LogP contribution in [0.3, 0.4) is 0 Å². The highest BCUT2D eigenvalue weighted by Crippen LogP contribution is 2.18. The van der Waals surface area contributed by atoms with Crippen LogP contribution in [0.15, 0.2) is 18.3 Å². The number of pyridine rings is 1. The van der Waals surface area contributed by atoms with Gasteiger partial charge in [0.25, 0.3) is 0 Å². The van der Waals surface area contributed by atoms with Crippen LogP contribution in [0.2, 0.25) is 0 Å². The van der Waals surface area contributed by atoms with Crippen LogP contribution in [-0.2, 0) is 0 Å². The fraction of sp³-hybridized carbons (Fsp3) is 0.667. The summed E-state index contributed by atoms with van der Waals surface area (Å²) in [6.45, 7) is 6.49. The summed E-state index contributed by atoms with van der Waals surface area (Å²) in [6.07, 6.45) is 9.36. The highest BCUT2D eigenvalue weighted by Gasteiger charge is 2.01. The summed E-state index contributed by atoms with van der Waals surface area (Å²) in [5, 5.41) is 6.88. The van der Waals surface area contributed by atoms with E-state index in [9.17, 15) is 0 Å². The summed E-state index contributed by atoms with van der Waals surface area (Å²) < 4.78 is 0. The maximum absolute atomic E-state index is 4.40. The van der Waals surface area contributed by atoms with Crippen molar-refractivity contribution < 1.29 is 0 Å². The third kappa shape index (κ3) is 5.89. The molecule has 1 aromatic heterocycles. The summed E-state index contributed by atoms with van der Waals surface area (Å²) in [4.78, 5) is 4.40. The SMILES string of the molecule is CCCCCNc1cccnc1NCCCCC. The van der Waals surface area contributed by atoms with Crippen molar-refractivity contribution in [3.8, 4) is 0 Å². The molecule has 0 atom stereocenters. The topological polar surface area (TPSA) is 37.0 Å². The van der Waals surface area contributed by atoms with Crippen LogP contribution in [0.5, 0.6) is 0 Å². The minimum Gasteiger partial charge on any atom is -0.382 e. The maximum atomic E-state index is 4.40. The summed E-state index contributed by atoms with van der Waals surface area (Å²) in [7, 11) is 0. The molecule has 2 N–H and O–H groups in total. The molecule has 0 aliphatic heterocycles. The molecule has 3 nitrogen and oxygen atoms in total. The standard InChI is InChI=1S/C15H27N3/c1-3-5-7-11-16-14-10-9-13-18-15(14)17-12-8-6-4-2/h9-10,13,16H,3-8,11-12H2,1-2H3,(H,17,18). The minimum absolute atomic E-state index is 0.991. The van der Waals surface area contributed by atoms with Crippen molar-refractivity contribution in [2.24, 2.45) is 0 Å². The Morgan fingerprint density at radius 3 is 2.28 bits per heavy atom. The fourth-order valence-corrected chi connectivity index (χ4v) is 1.87. The Balaban J connectivity index is 2.36. The van der Waals surface area contributed by atoms with E-state index < -0.39 is 0 Å².